The summed E-state index contributed by atoms with van der Waals surface area (Å²) in [5.74, 6) is -0.566. The minimum absolute atomic E-state index is 0.0297. The van der Waals surface area contributed by atoms with Crippen LogP contribution in [0.25, 0.3) is 0 Å². The molecule has 0 saturated carbocycles. The van der Waals surface area contributed by atoms with Crippen molar-refractivity contribution in [3.63, 3.8) is 0 Å². The molecule has 1 aromatic heterocycles. The molecular weight excluding hydrogens is 266 g/mol. The van der Waals surface area contributed by atoms with Crippen molar-refractivity contribution in [1.29, 1.82) is 0 Å². The second kappa shape index (κ2) is 6.67. The van der Waals surface area contributed by atoms with Crippen LogP contribution in [-0.2, 0) is 16.1 Å². The van der Waals surface area contributed by atoms with Crippen molar-refractivity contribution in [2.45, 2.75) is 32.4 Å². The smallest absolute Gasteiger partial charge is 0.394 e. The lowest BCUT2D eigenvalue weighted by molar-refractivity contribution is -0.136. The summed E-state index contributed by atoms with van der Waals surface area (Å²) in [5.41, 5.74) is 0. The summed E-state index contributed by atoms with van der Waals surface area (Å²) in [6.07, 6.45) is 1.65. The van der Waals surface area contributed by atoms with Crippen molar-refractivity contribution >= 4 is 5.91 Å². The normalized spacial score (nSPS) is 19.3. The maximum absolute atomic E-state index is 12.1. The Morgan fingerprint density at radius 3 is 3.05 bits per heavy atom. The van der Waals surface area contributed by atoms with Crippen LogP contribution in [0.2, 0.25) is 0 Å². The molecule has 8 nitrogen and oxygen atoms in total. The van der Waals surface area contributed by atoms with Crippen molar-refractivity contribution in [2.75, 3.05) is 26.3 Å². The van der Waals surface area contributed by atoms with Crippen molar-refractivity contribution in [1.82, 2.24) is 14.7 Å². The number of ether oxygens (including phenoxy) is 1. The van der Waals surface area contributed by atoms with Crippen LogP contribution in [0, 0.1) is 6.92 Å². The molecule has 112 valence electrons. The highest BCUT2D eigenvalue weighted by molar-refractivity contribution is 5.76. The number of aromatic nitrogens is 2. The first-order valence-corrected chi connectivity index (χ1v) is 6.65. The van der Waals surface area contributed by atoms with Gasteiger partial charge in [-0.3, -0.25) is 4.79 Å². The quantitative estimate of drug-likeness (QED) is 0.756. The Balaban J connectivity index is 1.91. The van der Waals surface area contributed by atoms with Crippen LogP contribution < -0.4 is 5.76 Å². The number of piperidine rings is 1. The zero-order valence-corrected chi connectivity index (χ0v) is 11.4. The summed E-state index contributed by atoms with van der Waals surface area (Å²) in [6.45, 7) is 2.80. The fourth-order valence-electron chi connectivity index (χ4n) is 2.26. The van der Waals surface area contributed by atoms with Gasteiger partial charge in [0.15, 0.2) is 0 Å². The Bertz CT molecular complexity index is 509. The molecule has 1 amide bonds. The number of aryl methyl sites for hydroxylation is 1. The van der Waals surface area contributed by atoms with Gasteiger partial charge in [0.25, 0.3) is 0 Å². The van der Waals surface area contributed by atoms with E-state index >= 15 is 0 Å². The van der Waals surface area contributed by atoms with E-state index in [1.807, 2.05) is 0 Å². The van der Waals surface area contributed by atoms with Crippen molar-refractivity contribution < 1.29 is 19.1 Å². The Morgan fingerprint density at radius 2 is 2.40 bits per heavy atom. The van der Waals surface area contributed by atoms with E-state index in [1.165, 1.54) is 0 Å². The Morgan fingerprint density at radius 1 is 1.60 bits per heavy atom. The number of nitrogens with zero attached hydrogens (tertiary/aromatic N) is 3. The zero-order chi connectivity index (χ0) is 14.5. The van der Waals surface area contributed by atoms with E-state index in [0.717, 1.165) is 17.5 Å². The van der Waals surface area contributed by atoms with Crippen LogP contribution in [0.5, 0.6) is 0 Å². The molecule has 0 radical (unpaired) electrons. The first-order chi connectivity index (χ1) is 9.60. The number of likely N-dealkylation sites (tertiary alicyclic amines) is 1. The molecule has 1 aromatic rings. The monoisotopic (exact) mass is 285 g/mol. The molecule has 0 aliphatic carbocycles. The second-order valence-corrected chi connectivity index (χ2v) is 4.74. The lowest BCUT2D eigenvalue weighted by Gasteiger charge is -2.32. The largest absolute Gasteiger partial charge is 0.437 e. The van der Waals surface area contributed by atoms with Crippen molar-refractivity contribution in [3.05, 3.63) is 16.4 Å². The van der Waals surface area contributed by atoms with Gasteiger partial charge < -0.3 is 19.2 Å². The van der Waals surface area contributed by atoms with Crippen molar-refractivity contribution in [2.24, 2.45) is 0 Å². The molecule has 20 heavy (non-hydrogen) atoms. The SMILES string of the molecule is Cc1nn(CC(=O)N2CCCC(OCCO)C2)c(=O)o1. The third-order valence-electron chi connectivity index (χ3n) is 3.17. The van der Waals surface area contributed by atoms with Gasteiger partial charge >= 0.3 is 5.76 Å². The number of amides is 1. The first-order valence-electron chi connectivity index (χ1n) is 6.65. The predicted molar refractivity (Wildman–Crippen MR) is 68.1 cm³/mol. The van der Waals surface area contributed by atoms with Crippen LogP contribution >= 0.6 is 0 Å². The molecule has 1 unspecified atom stereocenters. The van der Waals surface area contributed by atoms with E-state index in [4.69, 9.17) is 14.3 Å². The first kappa shape index (κ1) is 14.7. The van der Waals surface area contributed by atoms with Crippen molar-refractivity contribution in [3.8, 4) is 0 Å². The Kier molecular flexibility index (Phi) is 4.91. The molecule has 2 heterocycles. The molecule has 1 aliphatic rings. The molecule has 1 atom stereocenters. The summed E-state index contributed by atoms with van der Waals surface area (Å²) in [6, 6.07) is 0. The third kappa shape index (κ3) is 3.67. The lowest BCUT2D eigenvalue weighted by atomic mass is 10.1. The Hall–Kier alpha value is -1.67. The number of hydrogen-bond acceptors (Lipinski definition) is 6. The summed E-state index contributed by atoms with van der Waals surface area (Å²) < 4.78 is 11.2. The number of aliphatic hydroxyl groups excluding tert-OH is 1. The van der Waals surface area contributed by atoms with E-state index in [1.54, 1.807) is 11.8 Å². The summed E-state index contributed by atoms with van der Waals surface area (Å²) in [4.78, 5) is 25.2. The van der Waals surface area contributed by atoms with E-state index in [2.05, 4.69) is 5.10 Å². The average Bonchev–Trinajstić information content (AvgIpc) is 2.75. The topological polar surface area (TPSA) is 97.8 Å². The average molecular weight is 285 g/mol. The van der Waals surface area contributed by atoms with Crippen LogP contribution in [0.1, 0.15) is 18.7 Å². The standard InChI is InChI=1S/C12H19N3O5/c1-9-13-15(12(18)20-9)8-11(17)14-4-2-3-10(7-14)19-6-5-16/h10,16H,2-8H2,1H3. The fourth-order valence-corrected chi connectivity index (χ4v) is 2.26. The van der Waals surface area contributed by atoms with Gasteiger partial charge in [0.05, 0.1) is 19.3 Å². The minimum Gasteiger partial charge on any atom is -0.394 e. The number of carbonyl (C=O) groups excluding carboxylic acids is 1. The molecule has 0 aromatic carbocycles. The highest BCUT2D eigenvalue weighted by Gasteiger charge is 2.25. The molecule has 1 saturated heterocycles. The van der Waals surface area contributed by atoms with Crippen LogP contribution in [0.3, 0.4) is 0 Å². The van der Waals surface area contributed by atoms with Gasteiger partial charge in [-0.2, -0.15) is 4.68 Å². The van der Waals surface area contributed by atoms with E-state index < -0.39 is 5.76 Å². The van der Waals surface area contributed by atoms with Crippen LogP contribution in [0.4, 0.5) is 0 Å². The molecule has 1 fully saturated rings. The molecule has 1 aliphatic heterocycles. The second-order valence-electron chi connectivity index (χ2n) is 4.74. The van der Waals surface area contributed by atoms with Gasteiger partial charge in [0.2, 0.25) is 11.8 Å². The maximum Gasteiger partial charge on any atom is 0.437 e. The van der Waals surface area contributed by atoms with Gasteiger partial charge in [0, 0.05) is 20.0 Å². The summed E-state index contributed by atoms with van der Waals surface area (Å²) in [7, 11) is 0. The van der Waals surface area contributed by atoms with Gasteiger partial charge in [-0.25, -0.2) is 4.79 Å². The zero-order valence-electron chi connectivity index (χ0n) is 11.4. The van der Waals surface area contributed by atoms with Gasteiger partial charge in [0.1, 0.15) is 6.54 Å². The highest BCUT2D eigenvalue weighted by atomic mass is 16.5. The number of rotatable bonds is 5. The summed E-state index contributed by atoms with van der Waals surface area (Å²) >= 11 is 0. The number of hydrogen-bond donors (Lipinski definition) is 1. The summed E-state index contributed by atoms with van der Waals surface area (Å²) in [5, 5.41) is 12.6. The number of carbonyl (C=O) groups is 1. The van der Waals surface area contributed by atoms with E-state index in [-0.39, 0.29) is 37.7 Å². The lowest BCUT2D eigenvalue weighted by Crippen LogP contribution is -2.45. The van der Waals surface area contributed by atoms with Gasteiger partial charge in [-0.15, -0.1) is 5.10 Å². The van der Waals surface area contributed by atoms with Crippen LogP contribution in [0.15, 0.2) is 9.21 Å². The molecule has 0 bridgehead atoms. The minimum atomic E-state index is -0.624. The molecule has 8 heteroatoms. The molecule has 0 spiro atoms. The Labute approximate surface area is 115 Å². The molecular formula is C12H19N3O5. The highest BCUT2D eigenvalue weighted by Crippen LogP contribution is 2.13. The van der Waals surface area contributed by atoms with E-state index in [9.17, 15) is 9.59 Å². The molecule has 1 N–H and O–H groups in total. The molecule has 2 rings (SSSR count). The van der Waals surface area contributed by atoms with Crippen LogP contribution in [-0.4, -0.2) is 58.1 Å². The maximum atomic E-state index is 12.1. The fraction of sp³-hybridized carbons (Fsp3) is 0.750. The van der Waals surface area contributed by atoms with Gasteiger partial charge in [-0.1, -0.05) is 0 Å². The number of aliphatic hydroxyl groups is 1. The predicted octanol–water partition coefficient (Wildman–Crippen LogP) is -0.855. The van der Waals surface area contributed by atoms with E-state index in [0.29, 0.717) is 13.1 Å². The van der Waals surface area contributed by atoms with Gasteiger partial charge in [-0.05, 0) is 12.8 Å². The third-order valence-corrected chi connectivity index (χ3v) is 3.17.